The second kappa shape index (κ2) is 9.00. The molecule has 5 nitrogen and oxygen atoms in total. The lowest BCUT2D eigenvalue weighted by atomic mass is 10.2. The van der Waals surface area contributed by atoms with Gasteiger partial charge in [-0.1, -0.05) is 44.2 Å². The van der Waals surface area contributed by atoms with Crippen molar-refractivity contribution in [3.8, 4) is 0 Å². The molecule has 0 aliphatic rings. The molecule has 0 radical (unpaired) electrons. The molecule has 1 aromatic rings. The first-order valence-electron chi connectivity index (χ1n) is 7.28. The molecule has 5 heteroatoms. The van der Waals surface area contributed by atoms with Crippen LogP contribution in [0.25, 0.3) is 0 Å². The van der Waals surface area contributed by atoms with Gasteiger partial charge in [-0.2, -0.15) is 0 Å². The summed E-state index contributed by atoms with van der Waals surface area (Å²) in [6.45, 7) is 5.66. The second-order valence-electron chi connectivity index (χ2n) is 5.39. The third-order valence-corrected chi connectivity index (χ3v) is 2.91. The third kappa shape index (κ3) is 6.79. The molecular formula is C16H26N4O. The Bertz CT molecular complexity index is 455. The molecule has 2 N–H and O–H groups in total. The summed E-state index contributed by atoms with van der Waals surface area (Å²) < 4.78 is 0. The highest BCUT2D eigenvalue weighted by Gasteiger charge is 2.06. The van der Waals surface area contributed by atoms with E-state index >= 15 is 0 Å². The zero-order valence-corrected chi connectivity index (χ0v) is 13.4. The van der Waals surface area contributed by atoms with Crippen LogP contribution in [0.1, 0.15) is 19.4 Å². The van der Waals surface area contributed by atoms with Gasteiger partial charge in [0.25, 0.3) is 0 Å². The minimum atomic E-state index is 0.0186. The van der Waals surface area contributed by atoms with E-state index in [1.807, 2.05) is 51.0 Å². The maximum atomic E-state index is 11.5. The third-order valence-electron chi connectivity index (χ3n) is 2.91. The Morgan fingerprint density at radius 3 is 2.33 bits per heavy atom. The number of hydrogen-bond acceptors (Lipinski definition) is 2. The quantitative estimate of drug-likeness (QED) is 0.474. The van der Waals surface area contributed by atoms with Gasteiger partial charge in [-0.25, -0.2) is 4.99 Å². The molecule has 0 aliphatic carbocycles. The fraction of sp³-hybridized carbons (Fsp3) is 0.500. The molecule has 0 saturated carbocycles. The molecule has 0 unspecified atom stereocenters. The van der Waals surface area contributed by atoms with Gasteiger partial charge in [0.2, 0.25) is 5.91 Å². The number of hydrogen-bond donors (Lipinski definition) is 2. The number of benzene rings is 1. The van der Waals surface area contributed by atoms with Crippen molar-refractivity contribution in [1.82, 2.24) is 15.5 Å². The number of amides is 1. The summed E-state index contributed by atoms with van der Waals surface area (Å²) in [6, 6.07) is 10.1. The molecule has 0 bridgehead atoms. The first-order chi connectivity index (χ1) is 10.0. The molecular weight excluding hydrogens is 264 g/mol. The summed E-state index contributed by atoms with van der Waals surface area (Å²) in [5, 5.41) is 6.12. The Morgan fingerprint density at radius 2 is 1.76 bits per heavy atom. The number of guanidine groups is 1. The lowest BCUT2D eigenvalue weighted by Crippen LogP contribution is -2.41. The standard InChI is InChI=1S/C16H26N4O/c1-13(2)15(21)17-10-11-18-16(20(3)4)19-12-14-8-6-5-7-9-14/h5-9,13H,10-12H2,1-4H3,(H,17,21)(H,18,19). The predicted molar refractivity (Wildman–Crippen MR) is 87.1 cm³/mol. The Hall–Kier alpha value is -2.04. The number of carbonyl (C=O) groups is 1. The Labute approximate surface area is 127 Å². The normalized spacial score (nSPS) is 11.4. The SMILES string of the molecule is CC(C)C(=O)NCCNC(=NCc1ccccc1)N(C)C. The van der Waals surface area contributed by atoms with Crippen LogP contribution in [0.5, 0.6) is 0 Å². The van der Waals surface area contributed by atoms with Crippen LogP contribution in [0.3, 0.4) is 0 Å². The molecule has 0 aromatic heterocycles. The summed E-state index contributed by atoms with van der Waals surface area (Å²) in [7, 11) is 3.90. The maximum absolute atomic E-state index is 11.5. The highest BCUT2D eigenvalue weighted by molar-refractivity contribution is 5.80. The monoisotopic (exact) mass is 290 g/mol. The van der Waals surface area contributed by atoms with E-state index in [-0.39, 0.29) is 11.8 Å². The molecule has 116 valence electrons. The number of aliphatic imine (C=N–C) groups is 1. The molecule has 0 atom stereocenters. The average Bonchev–Trinajstić information content (AvgIpc) is 2.46. The van der Waals surface area contributed by atoms with E-state index in [9.17, 15) is 4.79 Å². The molecule has 0 saturated heterocycles. The predicted octanol–water partition coefficient (Wildman–Crippen LogP) is 1.47. The average molecular weight is 290 g/mol. The van der Waals surface area contributed by atoms with Gasteiger partial charge in [0.15, 0.2) is 5.96 Å². The zero-order chi connectivity index (χ0) is 15.7. The van der Waals surface area contributed by atoms with Gasteiger partial charge in [-0.05, 0) is 5.56 Å². The number of nitrogens with zero attached hydrogens (tertiary/aromatic N) is 2. The highest BCUT2D eigenvalue weighted by Crippen LogP contribution is 2.00. The van der Waals surface area contributed by atoms with Gasteiger partial charge in [0.1, 0.15) is 0 Å². The van der Waals surface area contributed by atoms with Gasteiger partial charge in [-0.3, -0.25) is 4.79 Å². The van der Waals surface area contributed by atoms with Crippen LogP contribution in [-0.4, -0.2) is 44.0 Å². The van der Waals surface area contributed by atoms with Crippen molar-refractivity contribution >= 4 is 11.9 Å². The maximum Gasteiger partial charge on any atom is 0.222 e. The topological polar surface area (TPSA) is 56.7 Å². The minimum Gasteiger partial charge on any atom is -0.354 e. The highest BCUT2D eigenvalue weighted by atomic mass is 16.1. The summed E-state index contributed by atoms with van der Waals surface area (Å²) in [5.74, 6) is 0.909. The van der Waals surface area contributed by atoms with E-state index in [0.717, 1.165) is 5.96 Å². The van der Waals surface area contributed by atoms with Crippen LogP contribution >= 0.6 is 0 Å². The molecule has 0 aliphatic heterocycles. The van der Waals surface area contributed by atoms with Crippen LogP contribution in [-0.2, 0) is 11.3 Å². The Kier molecular flexibility index (Phi) is 7.29. The first kappa shape index (κ1) is 17.0. The smallest absolute Gasteiger partial charge is 0.222 e. The fourth-order valence-electron chi connectivity index (χ4n) is 1.67. The van der Waals surface area contributed by atoms with Crippen LogP contribution in [0.2, 0.25) is 0 Å². The van der Waals surface area contributed by atoms with E-state index < -0.39 is 0 Å². The summed E-state index contributed by atoms with van der Waals surface area (Å²) in [4.78, 5) is 18.0. The Balaban J connectivity index is 2.41. The number of nitrogens with one attached hydrogen (secondary N) is 2. The summed E-state index contributed by atoms with van der Waals surface area (Å²) in [5.41, 5.74) is 1.17. The van der Waals surface area contributed by atoms with Crippen molar-refractivity contribution in [2.75, 3.05) is 27.2 Å². The largest absolute Gasteiger partial charge is 0.354 e. The van der Waals surface area contributed by atoms with E-state index in [4.69, 9.17) is 0 Å². The van der Waals surface area contributed by atoms with Crippen molar-refractivity contribution in [1.29, 1.82) is 0 Å². The minimum absolute atomic E-state index is 0.0186. The molecule has 0 heterocycles. The van der Waals surface area contributed by atoms with Gasteiger partial charge >= 0.3 is 0 Å². The molecule has 1 rings (SSSR count). The van der Waals surface area contributed by atoms with Crippen molar-refractivity contribution in [2.24, 2.45) is 10.9 Å². The molecule has 1 aromatic carbocycles. The zero-order valence-electron chi connectivity index (χ0n) is 13.4. The van der Waals surface area contributed by atoms with Crippen molar-refractivity contribution in [2.45, 2.75) is 20.4 Å². The molecule has 0 fully saturated rings. The van der Waals surface area contributed by atoms with Gasteiger partial charge < -0.3 is 15.5 Å². The van der Waals surface area contributed by atoms with E-state index in [1.165, 1.54) is 5.56 Å². The number of carbonyl (C=O) groups excluding carboxylic acids is 1. The van der Waals surface area contributed by atoms with Crippen molar-refractivity contribution in [3.63, 3.8) is 0 Å². The first-order valence-corrected chi connectivity index (χ1v) is 7.28. The second-order valence-corrected chi connectivity index (χ2v) is 5.39. The van der Waals surface area contributed by atoms with Crippen LogP contribution in [0, 0.1) is 5.92 Å². The lowest BCUT2D eigenvalue weighted by Gasteiger charge is -2.18. The lowest BCUT2D eigenvalue weighted by molar-refractivity contribution is -0.123. The van der Waals surface area contributed by atoms with Crippen LogP contribution < -0.4 is 10.6 Å². The summed E-state index contributed by atoms with van der Waals surface area (Å²) in [6.07, 6.45) is 0. The van der Waals surface area contributed by atoms with Crippen molar-refractivity contribution in [3.05, 3.63) is 35.9 Å². The van der Waals surface area contributed by atoms with Crippen molar-refractivity contribution < 1.29 is 4.79 Å². The van der Waals surface area contributed by atoms with Gasteiger partial charge in [0, 0.05) is 33.1 Å². The molecule has 1 amide bonds. The number of rotatable bonds is 6. The molecule has 21 heavy (non-hydrogen) atoms. The summed E-state index contributed by atoms with van der Waals surface area (Å²) >= 11 is 0. The van der Waals surface area contributed by atoms with E-state index in [0.29, 0.717) is 19.6 Å². The van der Waals surface area contributed by atoms with Crippen LogP contribution in [0.4, 0.5) is 0 Å². The van der Waals surface area contributed by atoms with Gasteiger partial charge in [0.05, 0.1) is 6.54 Å². The van der Waals surface area contributed by atoms with Crippen LogP contribution in [0.15, 0.2) is 35.3 Å². The fourth-order valence-corrected chi connectivity index (χ4v) is 1.67. The van der Waals surface area contributed by atoms with E-state index in [2.05, 4.69) is 27.8 Å². The van der Waals surface area contributed by atoms with Gasteiger partial charge in [-0.15, -0.1) is 0 Å². The Morgan fingerprint density at radius 1 is 1.14 bits per heavy atom. The molecule has 0 spiro atoms. The van der Waals surface area contributed by atoms with E-state index in [1.54, 1.807) is 0 Å².